The first-order valence-electron chi connectivity index (χ1n) is 9.24. The molecule has 2 bridgehead atoms. The highest BCUT2D eigenvalue weighted by Crippen LogP contribution is 2.38. The molecular formula is C21H23NO5. The predicted octanol–water partition coefficient (Wildman–Crippen LogP) is 2.23. The van der Waals surface area contributed by atoms with E-state index in [0.717, 1.165) is 24.0 Å². The van der Waals surface area contributed by atoms with Crippen LogP contribution in [0.4, 0.5) is 0 Å². The molecular weight excluding hydrogens is 346 g/mol. The molecule has 2 saturated heterocycles. The van der Waals surface area contributed by atoms with Crippen molar-refractivity contribution in [1.82, 2.24) is 5.32 Å². The summed E-state index contributed by atoms with van der Waals surface area (Å²) in [5, 5.41) is 42.0. The molecule has 142 valence electrons. The highest BCUT2D eigenvalue weighted by molar-refractivity contribution is 5.86. The van der Waals surface area contributed by atoms with Crippen LogP contribution in [0.3, 0.4) is 0 Å². The monoisotopic (exact) mass is 369 g/mol. The molecule has 2 aromatic carbocycles. The van der Waals surface area contributed by atoms with Crippen molar-refractivity contribution < 1.29 is 25.2 Å². The molecule has 0 saturated carbocycles. The van der Waals surface area contributed by atoms with Crippen molar-refractivity contribution in [2.75, 3.05) is 0 Å². The van der Waals surface area contributed by atoms with Crippen LogP contribution in [-0.4, -0.2) is 38.3 Å². The molecule has 6 heteroatoms. The number of nitrogens with one attached hydrogen (secondary N) is 1. The third-order valence-corrected chi connectivity index (χ3v) is 5.91. The zero-order valence-corrected chi connectivity index (χ0v) is 14.8. The molecule has 6 nitrogen and oxygen atoms in total. The van der Waals surface area contributed by atoms with E-state index in [9.17, 15) is 25.2 Å². The van der Waals surface area contributed by atoms with Crippen molar-refractivity contribution >= 4 is 5.78 Å². The Balaban J connectivity index is 1.55. The summed E-state index contributed by atoms with van der Waals surface area (Å²) in [5.74, 6) is -0.878. The third kappa shape index (κ3) is 3.32. The third-order valence-electron chi connectivity index (χ3n) is 5.91. The van der Waals surface area contributed by atoms with Gasteiger partial charge in [-0.05, 0) is 61.1 Å². The first-order valence-corrected chi connectivity index (χ1v) is 9.24. The van der Waals surface area contributed by atoms with Gasteiger partial charge in [0.1, 0.15) is 5.78 Å². The van der Waals surface area contributed by atoms with E-state index < -0.39 is 0 Å². The van der Waals surface area contributed by atoms with Gasteiger partial charge in [0.2, 0.25) is 0 Å². The van der Waals surface area contributed by atoms with Crippen molar-refractivity contribution in [3.05, 3.63) is 47.5 Å². The number of Topliss-reactive ketones (excluding diaryl/α,β-unsaturated/α-hetero) is 1. The quantitative estimate of drug-likeness (QED) is 0.529. The number of aromatic hydroxyl groups is 4. The summed E-state index contributed by atoms with van der Waals surface area (Å²) in [6, 6.07) is 9.63. The summed E-state index contributed by atoms with van der Waals surface area (Å²) >= 11 is 0. The molecule has 0 amide bonds. The zero-order valence-electron chi connectivity index (χ0n) is 14.8. The van der Waals surface area contributed by atoms with E-state index in [1.807, 2.05) is 0 Å². The molecule has 4 atom stereocenters. The second-order valence-corrected chi connectivity index (χ2v) is 7.63. The summed E-state index contributed by atoms with van der Waals surface area (Å²) in [7, 11) is 0. The standard InChI is InChI=1S/C21H23NO5/c23-17-5-1-11(9-19(17)25)7-13-15-3-4-16(22-15)14(21(13)27)8-12-2-6-18(24)20(26)10-12/h1-2,5-6,9-10,13-16,22-26H,3-4,7-8H2. The molecule has 27 heavy (non-hydrogen) atoms. The summed E-state index contributed by atoms with van der Waals surface area (Å²) in [4.78, 5) is 13.2. The first-order chi connectivity index (χ1) is 12.9. The number of hydrogen-bond acceptors (Lipinski definition) is 6. The molecule has 4 rings (SSSR count). The van der Waals surface area contributed by atoms with Gasteiger partial charge in [0, 0.05) is 23.9 Å². The van der Waals surface area contributed by atoms with Gasteiger partial charge in [-0.1, -0.05) is 12.1 Å². The molecule has 2 fully saturated rings. The topological polar surface area (TPSA) is 110 Å². The summed E-state index contributed by atoms with van der Waals surface area (Å²) < 4.78 is 0. The Labute approximate surface area is 157 Å². The van der Waals surface area contributed by atoms with Crippen LogP contribution in [0.1, 0.15) is 24.0 Å². The highest BCUT2D eigenvalue weighted by Gasteiger charge is 2.46. The van der Waals surface area contributed by atoms with Crippen LogP contribution in [0.15, 0.2) is 36.4 Å². The van der Waals surface area contributed by atoms with Crippen molar-refractivity contribution in [3.63, 3.8) is 0 Å². The smallest absolute Gasteiger partial charge is 0.157 e. The van der Waals surface area contributed by atoms with E-state index in [1.165, 1.54) is 24.3 Å². The van der Waals surface area contributed by atoms with Gasteiger partial charge in [-0.15, -0.1) is 0 Å². The SMILES string of the molecule is O=C1C(Cc2ccc(O)c(O)c2)C2CCC(N2)C1Cc1ccc(O)c(O)c1. The van der Waals surface area contributed by atoms with E-state index in [1.54, 1.807) is 12.1 Å². The number of carbonyl (C=O) groups is 1. The Kier molecular flexibility index (Phi) is 4.44. The van der Waals surface area contributed by atoms with E-state index in [0.29, 0.717) is 12.8 Å². The van der Waals surface area contributed by atoms with E-state index in [2.05, 4.69) is 5.32 Å². The number of phenolic OH excluding ortho intramolecular Hbond substituents is 4. The number of carbonyl (C=O) groups excluding carboxylic acids is 1. The largest absolute Gasteiger partial charge is 0.504 e. The maximum absolute atomic E-state index is 13.2. The van der Waals surface area contributed by atoms with Crippen LogP contribution in [0.25, 0.3) is 0 Å². The fourth-order valence-corrected chi connectivity index (χ4v) is 4.49. The maximum Gasteiger partial charge on any atom is 0.157 e. The molecule has 0 aromatic heterocycles. The second-order valence-electron chi connectivity index (χ2n) is 7.63. The van der Waals surface area contributed by atoms with Gasteiger partial charge < -0.3 is 25.7 Å². The van der Waals surface area contributed by atoms with Gasteiger partial charge in [0.05, 0.1) is 0 Å². The van der Waals surface area contributed by atoms with Gasteiger partial charge in [0.15, 0.2) is 23.0 Å². The van der Waals surface area contributed by atoms with Crippen molar-refractivity contribution in [1.29, 1.82) is 0 Å². The van der Waals surface area contributed by atoms with Crippen LogP contribution >= 0.6 is 0 Å². The van der Waals surface area contributed by atoms with E-state index in [4.69, 9.17) is 0 Å². The van der Waals surface area contributed by atoms with Crippen LogP contribution in [0.5, 0.6) is 23.0 Å². The Morgan fingerprint density at radius 1 is 0.741 bits per heavy atom. The molecule has 5 N–H and O–H groups in total. The lowest BCUT2D eigenvalue weighted by atomic mass is 9.77. The molecule has 0 radical (unpaired) electrons. The lowest BCUT2D eigenvalue weighted by Crippen LogP contribution is -2.53. The normalized spacial score (nSPS) is 27.0. The molecule has 2 heterocycles. The van der Waals surface area contributed by atoms with Crippen molar-refractivity contribution in [2.24, 2.45) is 11.8 Å². The number of fused-ring (bicyclic) bond motifs is 2. The average molecular weight is 369 g/mol. The Morgan fingerprint density at radius 2 is 1.19 bits per heavy atom. The summed E-state index contributed by atoms with van der Waals surface area (Å²) in [5.41, 5.74) is 1.63. The average Bonchev–Trinajstić information content (AvgIpc) is 3.08. The minimum atomic E-state index is -0.191. The van der Waals surface area contributed by atoms with Gasteiger partial charge >= 0.3 is 0 Å². The van der Waals surface area contributed by atoms with Gasteiger partial charge in [-0.2, -0.15) is 0 Å². The molecule has 2 aromatic rings. The number of phenols is 4. The molecule has 2 aliphatic rings. The van der Waals surface area contributed by atoms with Gasteiger partial charge in [-0.3, -0.25) is 4.79 Å². The minimum absolute atomic E-state index is 0.128. The van der Waals surface area contributed by atoms with Crippen molar-refractivity contribution in [2.45, 2.75) is 37.8 Å². The number of ketones is 1. The van der Waals surface area contributed by atoms with Crippen LogP contribution in [-0.2, 0) is 17.6 Å². The molecule has 0 aliphatic carbocycles. The maximum atomic E-state index is 13.2. The Morgan fingerprint density at radius 3 is 1.59 bits per heavy atom. The Hall–Kier alpha value is -2.73. The second kappa shape index (κ2) is 6.78. The fourth-order valence-electron chi connectivity index (χ4n) is 4.49. The molecule has 0 spiro atoms. The van der Waals surface area contributed by atoms with Gasteiger partial charge in [0.25, 0.3) is 0 Å². The lowest BCUT2D eigenvalue weighted by molar-refractivity contribution is -0.130. The first kappa shape index (κ1) is 17.7. The highest BCUT2D eigenvalue weighted by atomic mass is 16.3. The number of piperidine rings is 1. The van der Waals surface area contributed by atoms with Gasteiger partial charge in [-0.25, -0.2) is 0 Å². The van der Waals surface area contributed by atoms with Crippen LogP contribution in [0, 0.1) is 11.8 Å². The number of rotatable bonds is 4. The summed E-state index contributed by atoms with van der Waals surface area (Å²) in [6.45, 7) is 0. The van der Waals surface area contributed by atoms with Crippen molar-refractivity contribution in [3.8, 4) is 23.0 Å². The lowest BCUT2D eigenvalue weighted by Gasteiger charge is -2.35. The van der Waals surface area contributed by atoms with E-state index in [-0.39, 0.29) is 52.7 Å². The van der Waals surface area contributed by atoms with Crippen LogP contribution in [0.2, 0.25) is 0 Å². The molecule has 2 aliphatic heterocycles. The van der Waals surface area contributed by atoms with E-state index >= 15 is 0 Å². The number of benzene rings is 2. The summed E-state index contributed by atoms with van der Waals surface area (Å²) in [6.07, 6.45) is 2.88. The zero-order chi connectivity index (χ0) is 19.1. The Bertz CT molecular complexity index is 811. The minimum Gasteiger partial charge on any atom is -0.504 e. The fraction of sp³-hybridized carbons (Fsp3) is 0.381. The van der Waals surface area contributed by atoms with Crippen LogP contribution < -0.4 is 5.32 Å². The number of hydrogen-bond donors (Lipinski definition) is 5. The molecule has 4 unspecified atom stereocenters. The predicted molar refractivity (Wildman–Crippen MR) is 98.9 cm³/mol.